The van der Waals surface area contributed by atoms with E-state index in [9.17, 15) is 4.79 Å². The Morgan fingerprint density at radius 3 is 2.86 bits per heavy atom. The number of amides is 1. The maximum Gasteiger partial charge on any atom is 0.287 e. The lowest BCUT2D eigenvalue weighted by molar-refractivity contribution is 0.0922. The smallest absolute Gasteiger partial charge is 0.287 e. The van der Waals surface area contributed by atoms with Gasteiger partial charge in [-0.25, -0.2) is 0 Å². The molecule has 4 nitrogen and oxygen atoms in total. The van der Waals surface area contributed by atoms with Gasteiger partial charge in [0.25, 0.3) is 5.91 Å². The number of rotatable bonds is 4. The lowest BCUT2D eigenvalue weighted by Crippen LogP contribution is -2.34. The van der Waals surface area contributed by atoms with Crippen molar-refractivity contribution < 1.29 is 9.21 Å². The largest absolute Gasteiger partial charge is 0.456 e. The van der Waals surface area contributed by atoms with Gasteiger partial charge in [0.15, 0.2) is 5.76 Å². The van der Waals surface area contributed by atoms with Crippen molar-refractivity contribution in [2.24, 2.45) is 5.73 Å². The van der Waals surface area contributed by atoms with Crippen molar-refractivity contribution in [3.8, 4) is 0 Å². The second-order valence-corrected chi connectivity index (χ2v) is 3.31. The highest BCUT2D eigenvalue weighted by Crippen LogP contribution is 2.07. The average molecular weight is 196 g/mol. The number of carbonyl (C=O) groups is 1. The molecule has 3 N–H and O–H groups in total. The number of aryl methyl sites for hydroxylation is 1. The summed E-state index contributed by atoms with van der Waals surface area (Å²) in [6.45, 7) is 4.27. The van der Waals surface area contributed by atoms with Crippen LogP contribution < -0.4 is 11.1 Å². The summed E-state index contributed by atoms with van der Waals surface area (Å²) in [7, 11) is 0. The van der Waals surface area contributed by atoms with E-state index in [0.29, 0.717) is 12.3 Å². The molecule has 0 spiro atoms. The number of hydrogen-bond acceptors (Lipinski definition) is 3. The SMILES string of the molecule is CCc1ccc(C(=O)NCC(C)N)o1. The maximum atomic E-state index is 11.4. The molecule has 1 rings (SSSR count). The summed E-state index contributed by atoms with van der Waals surface area (Å²) in [6, 6.07) is 3.44. The van der Waals surface area contributed by atoms with E-state index < -0.39 is 0 Å². The number of carbonyl (C=O) groups excluding carboxylic acids is 1. The van der Waals surface area contributed by atoms with Gasteiger partial charge in [-0.2, -0.15) is 0 Å². The molecule has 0 saturated carbocycles. The fourth-order valence-corrected chi connectivity index (χ4v) is 1.03. The molecule has 78 valence electrons. The van der Waals surface area contributed by atoms with Gasteiger partial charge in [-0.15, -0.1) is 0 Å². The van der Waals surface area contributed by atoms with Crippen LogP contribution in [0.3, 0.4) is 0 Å². The summed E-state index contributed by atoms with van der Waals surface area (Å²) >= 11 is 0. The minimum Gasteiger partial charge on any atom is -0.456 e. The van der Waals surface area contributed by atoms with Crippen LogP contribution in [0.5, 0.6) is 0 Å². The fourth-order valence-electron chi connectivity index (χ4n) is 1.03. The zero-order valence-corrected chi connectivity index (χ0v) is 8.54. The van der Waals surface area contributed by atoms with Crippen molar-refractivity contribution in [1.82, 2.24) is 5.32 Å². The first-order valence-corrected chi connectivity index (χ1v) is 4.76. The molecule has 1 aromatic heterocycles. The lowest BCUT2D eigenvalue weighted by Gasteiger charge is -2.05. The van der Waals surface area contributed by atoms with Crippen LogP contribution >= 0.6 is 0 Å². The van der Waals surface area contributed by atoms with E-state index in [4.69, 9.17) is 10.2 Å². The van der Waals surface area contributed by atoms with Gasteiger partial charge in [0.05, 0.1) is 0 Å². The van der Waals surface area contributed by atoms with Crippen LogP contribution in [0.15, 0.2) is 16.5 Å². The lowest BCUT2D eigenvalue weighted by atomic mass is 10.3. The van der Waals surface area contributed by atoms with Crippen molar-refractivity contribution in [1.29, 1.82) is 0 Å². The summed E-state index contributed by atoms with van der Waals surface area (Å²) in [5.74, 6) is 0.959. The fraction of sp³-hybridized carbons (Fsp3) is 0.500. The summed E-state index contributed by atoms with van der Waals surface area (Å²) < 4.78 is 5.27. The molecule has 1 atom stereocenters. The minimum absolute atomic E-state index is 0.0421. The van der Waals surface area contributed by atoms with Crippen LogP contribution in [-0.2, 0) is 6.42 Å². The van der Waals surface area contributed by atoms with Gasteiger partial charge < -0.3 is 15.5 Å². The molecule has 0 aromatic carbocycles. The minimum atomic E-state index is -0.206. The Labute approximate surface area is 83.5 Å². The third-order valence-electron chi connectivity index (χ3n) is 1.82. The van der Waals surface area contributed by atoms with Crippen molar-refractivity contribution in [3.05, 3.63) is 23.7 Å². The van der Waals surface area contributed by atoms with Crippen LogP contribution in [-0.4, -0.2) is 18.5 Å². The number of nitrogens with one attached hydrogen (secondary N) is 1. The van der Waals surface area contributed by atoms with Gasteiger partial charge in [-0.3, -0.25) is 4.79 Å². The molecule has 1 unspecified atom stereocenters. The number of hydrogen-bond donors (Lipinski definition) is 2. The van der Waals surface area contributed by atoms with Gasteiger partial charge >= 0.3 is 0 Å². The molecular weight excluding hydrogens is 180 g/mol. The zero-order chi connectivity index (χ0) is 10.6. The molecular formula is C10H16N2O2. The molecule has 0 fully saturated rings. The molecule has 4 heteroatoms. The Morgan fingerprint density at radius 2 is 2.36 bits per heavy atom. The van der Waals surface area contributed by atoms with Gasteiger partial charge in [-0.1, -0.05) is 6.92 Å². The molecule has 0 radical (unpaired) electrons. The molecule has 1 heterocycles. The molecule has 0 bridgehead atoms. The van der Waals surface area contributed by atoms with Crippen LogP contribution in [0.25, 0.3) is 0 Å². The third-order valence-corrected chi connectivity index (χ3v) is 1.82. The van der Waals surface area contributed by atoms with E-state index in [1.54, 1.807) is 12.1 Å². The summed E-state index contributed by atoms with van der Waals surface area (Å²) in [4.78, 5) is 11.4. The van der Waals surface area contributed by atoms with Crippen molar-refractivity contribution in [2.75, 3.05) is 6.54 Å². The Kier molecular flexibility index (Phi) is 3.71. The van der Waals surface area contributed by atoms with Crippen LogP contribution in [0.1, 0.15) is 30.2 Å². The van der Waals surface area contributed by atoms with Crippen molar-refractivity contribution >= 4 is 5.91 Å². The molecule has 0 aliphatic heterocycles. The van der Waals surface area contributed by atoms with Crippen LogP contribution in [0, 0.1) is 0 Å². The van der Waals surface area contributed by atoms with E-state index in [0.717, 1.165) is 12.2 Å². The number of nitrogens with two attached hydrogens (primary N) is 1. The highest BCUT2D eigenvalue weighted by molar-refractivity contribution is 5.91. The average Bonchev–Trinajstić information content (AvgIpc) is 2.62. The topological polar surface area (TPSA) is 68.3 Å². The molecule has 14 heavy (non-hydrogen) atoms. The van der Waals surface area contributed by atoms with E-state index >= 15 is 0 Å². The predicted octanol–water partition coefficient (Wildman–Crippen LogP) is 0.919. The van der Waals surface area contributed by atoms with Crippen LogP contribution in [0.2, 0.25) is 0 Å². The molecule has 1 amide bonds. The molecule has 1 aromatic rings. The van der Waals surface area contributed by atoms with E-state index in [2.05, 4.69) is 5.32 Å². The Balaban J connectivity index is 2.52. The Bertz CT molecular complexity index is 305. The quantitative estimate of drug-likeness (QED) is 0.752. The monoisotopic (exact) mass is 196 g/mol. The predicted molar refractivity (Wildman–Crippen MR) is 54.1 cm³/mol. The van der Waals surface area contributed by atoms with Crippen LogP contribution in [0.4, 0.5) is 0 Å². The van der Waals surface area contributed by atoms with Crippen molar-refractivity contribution in [2.45, 2.75) is 26.3 Å². The van der Waals surface area contributed by atoms with Gasteiger partial charge in [0.1, 0.15) is 5.76 Å². The maximum absolute atomic E-state index is 11.4. The van der Waals surface area contributed by atoms with Gasteiger partial charge in [0.2, 0.25) is 0 Å². The molecule has 0 aliphatic rings. The first kappa shape index (κ1) is 10.8. The standard InChI is InChI=1S/C10H16N2O2/c1-3-8-4-5-9(14-8)10(13)12-6-7(2)11/h4-5,7H,3,6,11H2,1-2H3,(H,12,13). The molecule has 0 aliphatic carbocycles. The van der Waals surface area contributed by atoms with Gasteiger partial charge in [0, 0.05) is 19.0 Å². The first-order chi connectivity index (χ1) is 6.63. The summed E-state index contributed by atoms with van der Waals surface area (Å²) in [6.07, 6.45) is 0.792. The van der Waals surface area contributed by atoms with E-state index in [1.807, 2.05) is 13.8 Å². The summed E-state index contributed by atoms with van der Waals surface area (Å²) in [5.41, 5.74) is 5.50. The second-order valence-electron chi connectivity index (χ2n) is 3.31. The van der Waals surface area contributed by atoms with Gasteiger partial charge in [-0.05, 0) is 19.1 Å². The number of furan rings is 1. The highest BCUT2D eigenvalue weighted by Gasteiger charge is 2.10. The second kappa shape index (κ2) is 4.81. The Hall–Kier alpha value is -1.29. The van der Waals surface area contributed by atoms with Crippen molar-refractivity contribution in [3.63, 3.8) is 0 Å². The van der Waals surface area contributed by atoms with E-state index in [-0.39, 0.29) is 11.9 Å². The highest BCUT2D eigenvalue weighted by atomic mass is 16.3. The normalized spacial score (nSPS) is 12.5. The molecule has 0 saturated heterocycles. The zero-order valence-electron chi connectivity index (χ0n) is 8.54. The third kappa shape index (κ3) is 2.88. The first-order valence-electron chi connectivity index (χ1n) is 4.76. The summed E-state index contributed by atoms with van der Waals surface area (Å²) in [5, 5.41) is 2.68. The van der Waals surface area contributed by atoms with E-state index in [1.165, 1.54) is 0 Å². The Morgan fingerprint density at radius 1 is 1.64 bits per heavy atom.